The molecule has 0 aliphatic heterocycles. The van der Waals surface area contributed by atoms with Crippen molar-refractivity contribution in [1.82, 2.24) is 0 Å². The molecule has 1 aliphatic carbocycles. The first-order valence-corrected chi connectivity index (χ1v) is 7.94. The second-order valence-corrected chi connectivity index (χ2v) is 7.11. The zero-order chi connectivity index (χ0) is 12.2. The highest BCUT2D eigenvalue weighted by Crippen LogP contribution is 2.34. The van der Waals surface area contributed by atoms with Crippen molar-refractivity contribution < 1.29 is 13.2 Å². The Balaban J connectivity index is 2.58. The molecule has 0 spiro atoms. The third kappa shape index (κ3) is 3.71. The maximum Gasteiger partial charge on any atom is 0.147 e. The van der Waals surface area contributed by atoms with Crippen molar-refractivity contribution in [3.8, 4) is 0 Å². The van der Waals surface area contributed by atoms with Gasteiger partial charge in [-0.3, -0.25) is 0 Å². The minimum absolute atomic E-state index is 0.152. The summed E-state index contributed by atoms with van der Waals surface area (Å²) in [4.78, 5) is 0. The number of nitrogens with two attached hydrogens (primary N) is 1. The maximum atomic E-state index is 11.1. The average molecular weight is 249 g/mol. The second-order valence-electron chi connectivity index (χ2n) is 4.85. The molecule has 1 rings (SSSR count). The summed E-state index contributed by atoms with van der Waals surface area (Å²) in [5.41, 5.74) is 5.82. The number of methoxy groups -OCH3 is 1. The van der Waals surface area contributed by atoms with Crippen LogP contribution in [0.3, 0.4) is 0 Å². The molecule has 1 fully saturated rings. The van der Waals surface area contributed by atoms with Crippen LogP contribution in [0.15, 0.2) is 0 Å². The highest BCUT2D eigenvalue weighted by molar-refractivity contribution is 7.90. The highest BCUT2D eigenvalue weighted by Gasteiger charge is 2.37. The molecule has 0 aromatic heterocycles. The van der Waals surface area contributed by atoms with Crippen LogP contribution in [-0.2, 0) is 14.6 Å². The van der Waals surface area contributed by atoms with Crippen molar-refractivity contribution in [2.75, 3.05) is 19.1 Å². The number of rotatable bonds is 5. The lowest BCUT2D eigenvalue weighted by molar-refractivity contribution is -0.0589. The van der Waals surface area contributed by atoms with E-state index in [-0.39, 0.29) is 17.4 Å². The fourth-order valence-corrected chi connectivity index (χ4v) is 3.16. The number of hydrogen-bond donors (Lipinski definition) is 1. The van der Waals surface area contributed by atoms with Crippen molar-refractivity contribution >= 4 is 9.84 Å². The average Bonchev–Trinajstić information content (AvgIpc) is 2.25. The monoisotopic (exact) mass is 249 g/mol. The first-order chi connectivity index (χ1) is 7.40. The molecule has 0 amide bonds. The van der Waals surface area contributed by atoms with Gasteiger partial charge in [0.1, 0.15) is 9.84 Å². The van der Waals surface area contributed by atoms with Crippen LogP contribution in [0.4, 0.5) is 0 Å². The van der Waals surface area contributed by atoms with Gasteiger partial charge in [-0.2, -0.15) is 0 Å². The summed E-state index contributed by atoms with van der Waals surface area (Å²) in [5, 5.41) is 0. The van der Waals surface area contributed by atoms with Crippen LogP contribution in [0.25, 0.3) is 0 Å². The van der Waals surface area contributed by atoms with E-state index in [4.69, 9.17) is 10.5 Å². The van der Waals surface area contributed by atoms with Gasteiger partial charge in [-0.1, -0.05) is 19.3 Å². The molecule has 1 unspecified atom stereocenters. The zero-order valence-electron chi connectivity index (χ0n) is 10.2. The van der Waals surface area contributed by atoms with E-state index in [2.05, 4.69) is 0 Å². The quantitative estimate of drug-likeness (QED) is 0.792. The summed E-state index contributed by atoms with van der Waals surface area (Å²) in [6.07, 6.45) is 7.13. The van der Waals surface area contributed by atoms with Gasteiger partial charge >= 0.3 is 0 Å². The van der Waals surface area contributed by atoms with Gasteiger partial charge in [-0.15, -0.1) is 0 Å². The molecule has 0 heterocycles. The summed E-state index contributed by atoms with van der Waals surface area (Å²) in [5.74, 6) is 0.152. The fraction of sp³-hybridized carbons (Fsp3) is 1.00. The van der Waals surface area contributed by atoms with E-state index in [0.29, 0.717) is 6.42 Å². The summed E-state index contributed by atoms with van der Waals surface area (Å²) < 4.78 is 27.8. The third-order valence-electron chi connectivity index (χ3n) is 3.58. The van der Waals surface area contributed by atoms with Gasteiger partial charge in [0.2, 0.25) is 0 Å². The smallest absolute Gasteiger partial charge is 0.147 e. The molecule has 16 heavy (non-hydrogen) atoms. The van der Waals surface area contributed by atoms with Gasteiger partial charge in [0.15, 0.2) is 0 Å². The van der Waals surface area contributed by atoms with Crippen LogP contribution in [0, 0.1) is 0 Å². The predicted molar refractivity (Wildman–Crippen MR) is 65.1 cm³/mol. The normalized spacial score (nSPS) is 22.9. The van der Waals surface area contributed by atoms with Gasteiger partial charge in [0, 0.05) is 19.4 Å². The first kappa shape index (κ1) is 13.9. The largest absolute Gasteiger partial charge is 0.377 e. The Hall–Kier alpha value is -0.130. The Morgan fingerprint density at radius 3 is 2.31 bits per heavy atom. The van der Waals surface area contributed by atoms with E-state index in [0.717, 1.165) is 25.7 Å². The van der Waals surface area contributed by atoms with Crippen molar-refractivity contribution in [2.24, 2.45) is 5.73 Å². The minimum Gasteiger partial charge on any atom is -0.377 e. The maximum absolute atomic E-state index is 11.1. The van der Waals surface area contributed by atoms with Crippen molar-refractivity contribution in [1.29, 1.82) is 0 Å². The molecule has 1 atom stereocenters. The Morgan fingerprint density at radius 1 is 1.31 bits per heavy atom. The summed E-state index contributed by atoms with van der Waals surface area (Å²) >= 11 is 0. The molecule has 5 heteroatoms. The lowest BCUT2D eigenvalue weighted by atomic mass is 9.78. The van der Waals surface area contributed by atoms with Gasteiger partial charge in [-0.25, -0.2) is 8.42 Å². The summed E-state index contributed by atoms with van der Waals surface area (Å²) in [6.45, 7) is 0. The molecular formula is C11H23NO3S. The van der Waals surface area contributed by atoms with E-state index in [1.165, 1.54) is 12.7 Å². The van der Waals surface area contributed by atoms with Crippen LogP contribution in [-0.4, -0.2) is 39.2 Å². The standard InChI is InChI=1S/C11H23NO3S/c1-15-11(7-4-3-5-8-11)10(12)6-9-16(2,13)14/h10H,3-9,12H2,1-2H3. The van der Waals surface area contributed by atoms with E-state index in [1.807, 2.05) is 0 Å². The van der Waals surface area contributed by atoms with E-state index in [1.54, 1.807) is 7.11 Å². The fourth-order valence-electron chi connectivity index (χ4n) is 2.48. The summed E-state index contributed by atoms with van der Waals surface area (Å²) in [6, 6.07) is -0.174. The molecule has 0 bridgehead atoms. The lowest BCUT2D eigenvalue weighted by Crippen LogP contribution is -2.51. The second kappa shape index (κ2) is 5.47. The van der Waals surface area contributed by atoms with Gasteiger partial charge in [-0.05, 0) is 19.3 Å². The van der Waals surface area contributed by atoms with E-state index in [9.17, 15) is 8.42 Å². The Kier molecular flexibility index (Phi) is 4.76. The Labute approximate surface area is 98.5 Å². The predicted octanol–water partition coefficient (Wildman–Crippen LogP) is 1.10. The molecular weight excluding hydrogens is 226 g/mol. The van der Waals surface area contributed by atoms with E-state index < -0.39 is 9.84 Å². The summed E-state index contributed by atoms with van der Waals surface area (Å²) in [7, 11) is -1.24. The van der Waals surface area contributed by atoms with Crippen LogP contribution in [0.1, 0.15) is 38.5 Å². The van der Waals surface area contributed by atoms with Crippen molar-refractivity contribution in [3.63, 3.8) is 0 Å². The Bertz CT molecular complexity index is 307. The van der Waals surface area contributed by atoms with Gasteiger partial charge < -0.3 is 10.5 Å². The molecule has 96 valence electrons. The molecule has 2 N–H and O–H groups in total. The molecule has 1 saturated carbocycles. The zero-order valence-corrected chi connectivity index (χ0v) is 11.1. The first-order valence-electron chi connectivity index (χ1n) is 5.88. The molecule has 4 nitrogen and oxygen atoms in total. The Morgan fingerprint density at radius 2 is 1.88 bits per heavy atom. The molecule has 0 saturated heterocycles. The lowest BCUT2D eigenvalue weighted by Gasteiger charge is -2.40. The number of sulfone groups is 1. The minimum atomic E-state index is -2.93. The van der Waals surface area contributed by atoms with Crippen molar-refractivity contribution in [2.45, 2.75) is 50.2 Å². The van der Waals surface area contributed by atoms with Crippen molar-refractivity contribution in [3.05, 3.63) is 0 Å². The van der Waals surface area contributed by atoms with E-state index >= 15 is 0 Å². The SMILES string of the molecule is COC1(C(N)CCS(C)(=O)=O)CCCCC1. The number of ether oxygens (including phenoxy) is 1. The van der Waals surface area contributed by atoms with Gasteiger partial charge in [0.25, 0.3) is 0 Å². The topological polar surface area (TPSA) is 69.4 Å². The number of hydrogen-bond acceptors (Lipinski definition) is 4. The molecule has 0 aromatic carbocycles. The highest BCUT2D eigenvalue weighted by atomic mass is 32.2. The molecule has 0 aromatic rings. The molecule has 0 radical (unpaired) electrons. The van der Waals surface area contributed by atoms with Gasteiger partial charge in [0.05, 0.1) is 11.4 Å². The van der Waals surface area contributed by atoms with Crippen LogP contribution in [0.2, 0.25) is 0 Å². The van der Waals surface area contributed by atoms with Crippen LogP contribution >= 0.6 is 0 Å². The third-order valence-corrected chi connectivity index (χ3v) is 4.56. The van der Waals surface area contributed by atoms with Crippen LogP contribution in [0.5, 0.6) is 0 Å². The van der Waals surface area contributed by atoms with Crippen LogP contribution < -0.4 is 5.73 Å². The molecule has 1 aliphatic rings.